The number of ketones is 1. The summed E-state index contributed by atoms with van der Waals surface area (Å²) in [6.45, 7) is 1.17. The fourth-order valence-corrected chi connectivity index (χ4v) is 5.19. The molecule has 0 atom stereocenters. The average molecular weight is 549 g/mol. The van der Waals surface area contributed by atoms with Crippen molar-refractivity contribution in [3.63, 3.8) is 0 Å². The second-order valence-corrected chi connectivity index (χ2v) is 11.1. The van der Waals surface area contributed by atoms with E-state index < -0.39 is 26.3 Å². The standard InChI is InChI=1S/C18H12BrClF5NO2S2/c1-9(27)14-17(28)15-13(20)6-5-12(19)16(15)26-18(14)29-8-10-3-2-4-11(7-10)30(21,22,23,24)25/h2-7H,8H2,1H3,(H,26,28). The maximum Gasteiger partial charge on any atom is 0.310 e. The predicted octanol–water partition coefficient (Wildman–Crippen LogP) is 8.10. The van der Waals surface area contributed by atoms with Crippen LogP contribution in [0.5, 0.6) is 0 Å². The van der Waals surface area contributed by atoms with Gasteiger partial charge in [-0.2, -0.15) is 0 Å². The summed E-state index contributed by atoms with van der Waals surface area (Å²) in [6, 6.07) is 5.88. The summed E-state index contributed by atoms with van der Waals surface area (Å²) in [5.41, 5.74) is -0.589. The fraction of sp³-hybridized carbons (Fsp3) is 0.111. The van der Waals surface area contributed by atoms with Crippen molar-refractivity contribution in [1.82, 2.24) is 4.98 Å². The Balaban J connectivity index is 2.08. The fourth-order valence-electron chi connectivity index (χ4n) is 2.76. The van der Waals surface area contributed by atoms with Gasteiger partial charge in [0, 0.05) is 10.2 Å². The number of benzene rings is 2. The van der Waals surface area contributed by atoms with Crippen LogP contribution in [0.3, 0.4) is 0 Å². The smallest absolute Gasteiger partial charge is 0.310 e. The van der Waals surface area contributed by atoms with Crippen LogP contribution in [0.2, 0.25) is 5.02 Å². The van der Waals surface area contributed by atoms with E-state index in [-0.39, 0.29) is 32.3 Å². The maximum absolute atomic E-state index is 13.1. The molecule has 3 nitrogen and oxygen atoms in total. The second-order valence-electron chi connectivity index (χ2n) is 6.40. The maximum atomic E-state index is 13.1. The van der Waals surface area contributed by atoms with E-state index in [1.165, 1.54) is 19.1 Å². The molecule has 1 aromatic heterocycles. The molecule has 0 spiro atoms. The summed E-state index contributed by atoms with van der Waals surface area (Å²) in [4.78, 5) is 25.8. The first kappa shape index (κ1) is 23.1. The minimum atomic E-state index is -9.82. The monoisotopic (exact) mass is 547 g/mol. The van der Waals surface area contributed by atoms with Crippen LogP contribution in [-0.2, 0) is 5.75 Å². The molecule has 0 aliphatic heterocycles. The molecule has 0 saturated carbocycles. The second kappa shape index (κ2) is 6.98. The number of Topliss-reactive ketones (excluding diaryl/α,β-unsaturated/α-hetero) is 1. The Morgan fingerprint density at radius 1 is 1.17 bits per heavy atom. The Bertz CT molecular complexity index is 1260. The number of nitrogens with one attached hydrogen (secondary N) is 1. The first-order chi connectivity index (χ1) is 13.6. The van der Waals surface area contributed by atoms with Gasteiger partial charge in [0.25, 0.3) is 0 Å². The number of fused-ring (bicyclic) bond motifs is 1. The molecule has 1 N–H and O–H groups in total. The minimum Gasteiger partial charge on any atom is -0.348 e. The third-order valence-electron chi connectivity index (χ3n) is 4.10. The normalized spacial score (nSPS) is 14.4. The number of carbonyl (C=O) groups excluding carboxylic acids is 1. The molecule has 12 heteroatoms. The number of halogens is 7. The van der Waals surface area contributed by atoms with Gasteiger partial charge in [0.1, 0.15) is 4.90 Å². The first-order valence-electron chi connectivity index (χ1n) is 8.09. The number of aromatic nitrogens is 1. The number of pyridine rings is 1. The number of rotatable bonds is 5. The molecule has 3 rings (SSSR count). The number of thioether (sulfide) groups is 1. The van der Waals surface area contributed by atoms with Crippen molar-refractivity contribution in [2.45, 2.75) is 22.6 Å². The van der Waals surface area contributed by atoms with Gasteiger partial charge >= 0.3 is 10.2 Å². The van der Waals surface area contributed by atoms with Gasteiger partial charge in [-0.3, -0.25) is 9.59 Å². The van der Waals surface area contributed by atoms with E-state index >= 15 is 0 Å². The molecule has 162 valence electrons. The van der Waals surface area contributed by atoms with Gasteiger partial charge in [-0.25, -0.2) is 0 Å². The predicted molar refractivity (Wildman–Crippen MR) is 115 cm³/mol. The van der Waals surface area contributed by atoms with Crippen molar-refractivity contribution in [1.29, 1.82) is 0 Å². The number of hydrogen-bond donors (Lipinski definition) is 1. The number of H-pyrrole nitrogens is 1. The van der Waals surface area contributed by atoms with Crippen LogP contribution in [0.1, 0.15) is 22.8 Å². The van der Waals surface area contributed by atoms with E-state index in [1.807, 2.05) is 0 Å². The SMILES string of the molecule is CC(=O)c1c(SCc2cccc(S(F)(F)(F)(F)F)c2)[nH]c2c(Br)ccc(Cl)c2c1=O. The van der Waals surface area contributed by atoms with Gasteiger partial charge in [0.15, 0.2) is 5.78 Å². The molecule has 3 aromatic rings. The Morgan fingerprint density at radius 3 is 2.43 bits per heavy atom. The van der Waals surface area contributed by atoms with Crippen LogP contribution in [0, 0.1) is 0 Å². The van der Waals surface area contributed by atoms with Gasteiger partial charge in [-0.05, 0) is 52.7 Å². The van der Waals surface area contributed by atoms with E-state index in [1.54, 1.807) is 6.07 Å². The molecule has 1 heterocycles. The molecule has 0 amide bonds. The third-order valence-corrected chi connectivity index (χ3v) is 7.30. The van der Waals surface area contributed by atoms with Crippen LogP contribution in [0.15, 0.2) is 55.6 Å². The molecule has 0 radical (unpaired) electrons. The summed E-state index contributed by atoms with van der Waals surface area (Å²) < 4.78 is 65.8. The third kappa shape index (κ3) is 4.68. The Hall–Kier alpha value is -1.56. The quantitative estimate of drug-likeness (QED) is 0.199. The molecular weight excluding hydrogens is 537 g/mol. The topological polar surface area (TPSA) is 49.9 Å². The highest BCUT2D eigenvalue weighted by atomic mass is 79.9. The zero-order valence-corrected chi connectivity index (χ0v) is 18.9. The van der Waals surface area contributed by atoms with E-state index in [0.29, 0.717) is 22.1 Å². The van der Waals surface area contributed by atoms with Crippen LogP contribution < -0.4 is 5.43 Å². The van der Waals surface area contributed by atoms with E-state index in [2.05, 4.69) is 20.9 Å². The average Bonchev–Trinajstić information content (AvgIpc) is 2.61. The van der Waals surface area contributed by atoms with Crippen LogP contribution in [0.25, 0.3) is 10.9 Å². The zero-order valence-electron chi connectivity index (χ0n) is 14.9. The van der Waals surface area contributed by atoms with Crippen molar-refractivity contribution in [2.24, 2.45) is 0 Å². The van der Waals surface area contributed by atoms with Crippen LogP contribution >= 0.6 is 49.5 Å². The Kier molecular flexibility index (Phi) is 5.37. The number of carbonyl (C=O) groups is 1. The Morgan fingerprint density at radius 2 is 1.83 bits per heavy atom. The first-order valence-corrected chi connectivity index (χ1v) is 12.2. The van der Waals surface area contributed by atoms with Crippen molar-refractivity contribution in [3.8, 4) is 0 Å². The summed E-state index contributed by atoms with van der Waals surface area (Å²) >= 11 is 10.2. The lowest BCUT2D eigenvalue weighted by Crippen LogP contribution is -2.17. The summed E-state index contributed by atoms with van der Waals surface area (Å²) in [5, 5.41) is 0.307. The molecule has 2 aromatic carbocycles. The molecule has 0 aliphatic carbocycles. The summed E-state index contributed by atoms with van der Waals surface area (Å²) in [5.74, 6) is -0.765. The molecular formula is C18H12BrClF5NO2S2. The molecule has 0 aliphatic rings. The molecule has 0 fully saturated rings. The summed E-state index contributed by atoms with van der Waals surface area (Å²) in [6.07, 6.45) is 0. The molecule has 0 saturated heterocycles. The van der Waals surface area contributed by atoms with Crippen molar-refractivity contribution >= 4 is 66.2 Å². The zero-order chi connectivity index (χ0) is 22.5. The lowest BCUT2D eigenvalue weighted by molar-refractivity contribution is 0.101. The van der Waals surface area contributed by atoms with Crippen LogP contribution in [-0.4, -0.2) is 10.8 Å². The minimum absolute atomic E-state index is 0.0497. The van der Waals surface area contributed by atoms with E-state index in [0.717, 1.165) is 17.8 Å². The molecule has 30 heavy (non-hydrogen) atoms. The van der Waals surface area contributed by atoms with Crippen molar-refractivity contribution in [2.75, 3.05) is 0 Å². The largest absolute Gasteiger partial charge is 0.348 e. The van der Waals surface area contributed by atoms with E-state index in [4.69, 9.17) is 11.6 Å². The highest BCUT2D eigenvalue weighted by molar-refractivity contribution is 9.10. The summed E-state index contributed by atoms with van der Waals surface area (Å²) in [7, 11) is -9.82. The van der Waals surface area contributed by atoms with E-state index in [9.17, 15) is 29.0 Å². The highest BCUT2D eigenvalue weighted by Crippen LogP contribution is 3.02. The van der Waals surface area contributed by atoms with Gasteiger partial charge < -0.3 is 4.98 Å². The highest BCUT2D eigenvalue weighted by Gasteiger charge is 2.65. The number of aromatic amines is 1. The Labute approximate surface area is 184 Å². The van der Waals surface area contributed by atoms with Crippen molar-refractivity contribution in [3.05, 3.63) is 67.2 Å². The van der Waals surface area contributed by atoms with Crippen molar-refractivity contribution < 1.29 is 24.2 Å². The van der Waals surface area contributed by atoms with Gasteiger partial charge in [-0.1, -0.05) is 43.2 Å². The lowest BCUT2D eigenvalue weighted by Gasteiger charge is -2.40. The van der Waals surface area contributed by atoms with Gasteiger partial charge in [0.2, 0.25) is 5.43 Å². The van der Waals surface area contributed by atoms with Crippen LogP contribution in [0.4, 0.5) is 19.4 Å². The van der Waals surface area contributed by atoms with Gasteiger partial charge in [0.05, 0.1) is 26.5 Å². The lowest BCUT2D eigenvalue weighted by atomic mass is 10.1. The molecule has 0 unspecified atom stereocenters. The number of hydrogen-bond acceptors (Lipinski definition) is 3. The van der Waals surface area contributed by atoms with Gasteiger partial charge in [-0.15, -0.1) is 11.8 Å². The molecule has 0 bridgehead atoms.